The van der Waals surface area contributed by atoms with Gasteiger partial charge in [-0.1, -0.05) is 13.0 Å². The Morgan fingerprint density at radius 3 is 2.95 bits per heavy atom. The predicted molar refractivity (Wildman–Crippen MR) is 67.8 cm³/mol. The third-order valence-corrected chi connectivity index (χ3v) is 3.40. The Bertz CT molecular complexity index is 428. The van der Waals surface area contributed by atoms with Crippen LogP contribution in [0, 0.1) is 11.6 Å². The van der Waals surface area contributed by atoms with Gasteiger partial charge >= 0.3 is 0 Å². The second-order valence-corrected chi connectivity index (χ2v) is 4.85. The SMILES string of the molecule is CC[C@@H](O)CN1CCO[C@H](c2ccc(F)cc2F)C1. The third-order valence-electron chi connectivity index (χ3n) is 3.40. The minimum absolute atomic E-state index is 0.372. The van der Waals surface area contributed by atoms with Crippen molar-refractivity contribution in [3.05, 3.63) is 35.4 Å². The van der Waals surface area contributed by atoms with Crippen LogP contribution >= 0.6 is 0 Å². The number of nitrogens with zero attached hydrogens (tertiary/aromatic N) is 1. The molecular formula is C14H19F2NO2. The van der Waals surface area contributed by atoms with Gasteiger partial charge in [-0.05, 0) is 12.5 Å². The summed E-state index contributed by atoms with van der Waals surface area (Å²) in [6, 6.07) is 3.54. The van der Waals surface area contributed by atoms with Crippen molar-refractivity contribution in [3.8, 4) is 0 Å². The van der Waals surface area contributed by atoms with Gasteiger partial charge in [0.25, 0.3) is 0 Å². The van der Waals surface area contributed by atoms with Crippen molar-refractivity contribution in [2.24, 2.45) is 0 Å². The van der Waals surface area contributed by atoms with Gasteiger partial charge in [-0.15, -0.1) is 0 Å². The van der Waals surface area contributed by atoms with Crippen LogP contribution in [0.3, 0.4) is 0 Å². The molecule has 1 saturated heterocycles. The van der Waals surface area contributed by atoms with E-state index in [0.29, 0.717) is 31.7 Å². The molecule has 0 unspecified atom stereocenters. The fourth-order valence-electron chi connectivity index (χ4n) is 2.25. The maximum absolute atomic E-state index is 13.7. The lowest BCUT2D eigenvalue weighted by Crippen LogP contribution is -2.42. The molecule has 1 aliphatic heterocycles. The molecule has 0 saturated carbocycles. The highest BCUT2D eigenvalue weighted by molar-refractivity contribution is 5.21. The van der Waals surface area contributed by atoms with Crippen LogP contribution in [0.2, 0.25) is 0 Å². The van der Waals surface area contributed by atoms with E-state index in [-0.39, 0.29) is 6.10 Å². The number of morpholine rings is 1. The van der Waals surface area contributed by atoms with Gasteiger partial charge in [0.05, 0.1) is 18.8 Å². The number of hydrogen-bond donors (Lipinski definition) is 1. The molecule has 3 nitrogen and oxygen atoms in total. The molecule has 106 valence electrons. The Hall–Kier alpha value is -1.04. The molecule has 1 fully saturated rings. The Morgan fingerprint density at radius 2 is 2.26 bits per heavy atom. The molecule has 0 radical (unpaired) electrons. The molecule has 1 aromatic rings. The Balaban J connectivity index is 2.04. The second kappa shape index (κ2) is 6.41. The zero-order chi connectivity index (χ0) is 13.8. The van der Waals surface area contributed by atoms with E-state index in [1.165, 1.54) is 12.1 Å². The molecule has 2 atom stereocenters. The summed E-state index contributed by atoms with van der Waals surface area (Å²) in [7, 11) is 0. The van der Waals surface area contributed by atoms with Crippen LogP contribution in [-0.4, -0.2) is 42.4 Å². The van der Waals surface area contributed by atoms with E-state index in [9.17, 15) is 13.9 Å². The van der Waals surface area contributed by atoms with Crippen LogP contribution < -0.4 is 0 Å². The van der Waals surface area contributed by atoms with Gasteiger partial charge in [-0.25, -0.2) is 8.78 Å². The first kappa shape index (κ1) is 14.4. The summed E-state index contributed by atoms with van der Waals surface area (Å²) in [5, 5.41) is 9.65. The van der Waals surface area contributed by atoms with E-state index in [1.54, 1.807) is 0 Å². The fraction of sp³-hybridized carbons (Fsp3) is 0.571. The first-order valence-corrected chi connectivity index (χ1v) is 6.57. The minimum Gasteiger partial charge on any atom is -0.392 e. The molecule has 0 amide bonds. The van der Waals surface area contributed by atoms with Gasteiger partial charge in [0.2, 0.25) is 0 Å². The van der Waals surface area contributed by atoms with Gasteiger partial charge in [0.15, 0.2) is 0 Å². The number of aliphatic hydroxyl groups is 1. The summed E-state index contributed by atoms with van der Waals surface area (Å²) in [6.07, 6.45) is -0.0948. The van der Waals surface area contributed by atoms with Gasteiger partial charge in [0.1, 0.15) is 11.6 Å². The molecule has 0 spiro atoms. The Labute approximate surface area is 111 Å². The molecule has 1 N–H and O–H groups in total. The highest BCUT2D eigenvalue weighted by Gasteiger charge is 2.25. The largest absolute Gasteiger partial charge is 0.392 e. The fourth-order valence-corrected chi connectivity index (χ4v) is 2.25. The number of hydrogen-bond acceptors (Lipinski definition) is 3. The van der Waals surface area contributed by atoms with E-state index >= 15 is 0 Å². The monoisotopic (exact) mass is 271 g/mol. The average molecular weight is 271 g/mol. The quantitative estimate of drug-likeness (QED) is 0.910. The first-order chi connectivity index (χ1) is 9.10. The lowest BCUT2D eigenvalue weighted by Gasteiger charge is -2.34. The smallest absolute Gasteiger partial charge is 0.131 e. The van der Waals surface area contributed by atoms with Crippen molar-refractivity contribution in [2.75, 3.05) is 26.2 Å². The van der Waals surface area contributed by atoms with Crippen LogP contribution in [0.25, 0.3) is 0 Å². The lowest BCUT2D eigenvalue weighted by molar-refractivity contribution is -0.0436. The minimum atomic E-state index is -0.588. The van der Waals surface area contributed by atoms with Crippen molar-refractivity contribution < 1.29 is 18.6 Å². The van der Waals surface area contributed by atoms with Gasteiger partial charge < -0.3 is 9.84 Å². The van der Waals surface area contributed by atoms with Gasteiger partial charge in [-0.2, -0.15) is 0 Å². The summed E-state index contributed by atoms with van der Waals surface area (Å²) in [5.74, 6) is -1.17. The third kappa shape index (κ3) is 3.72. The van der Waals surface area contributed by atoms with E-state index in [1.807, 2.05) is 11.8 Å². The van der Waals surface area contributed by atoms with Crippen molar-refractivity contribution in [1.29, 1.82) is 0 Å². The number of halogens is 2. The first-order valence-electron chi connectivity index (χ1n) is 6.57. The number of aliphatic hydroxyl groups excluding tert-OH is 1. The number of ether oxygens (including phenoxy) is 1. The van der Waals surface area contributed by atoms with Crippen LogP contribution in [-0.2, 0) is 4.74 Å². The van der Waals surface area contributed by atoms with Crippen molar-refractivity contribution in [2.45, 2.75) is 25.6 Å². The van der Waals surface area contributed by atoms with Crippen molar-refractivity contribution in [1.82, 2.24) is 4.90 Å². The Kier molecular flexibility index (Phi) is 4.85. The summed E-state index contributed by atoms with van der Waals surface area (Å²) in [5.41, 5.74) is 0.372. The van der Waals surface area contributed by atoms with Crippen molar-refractivity contribution in [3.63, 3.8) is 0 Å². The summed E-state index contributed by atoms with van der Waals surface area (Å²) < 4.78 is 32.1. The number of rotatable bonds is 4. The van der Waals surface area contributed by atoms with Crippen molar-refractivity contribution >= 4 is 0 Å². The molecule has 2 rings (SSSR count). The summed E-state index contributed by atoms with van der Waals surface area (Å²) in [6.45, 7) is 4.19. The zero-order valence-electron chi connectivity index (χ0n) is 11.0. The van der Waals surface area contributed by atoms with E-state index in [4.69, 9.17) is 4.74 Å². The van der Waals surface area contributed by atoms with Crippen LogP contribution in [0.15, 0.2) is 18.2 Å². The van der Waals surface area contributed by atoms with E-state index < -0.39 is 17.7 Å². The zero-order valence-corrected chi connectivity index (χ0v) is 11.0. The summed E-state index contributed by atoms with van der Waals surface area (Å²) in [4.78, 5) is 2.05. The molecule has 1 aromatic carbocycles. The highest BCUT2D eigenvalue weighted by atomic mass is 19.1. The van der Waals surface area contributed by atoms with E-state index in [2.05, 4.69) is 0 Å². The van der Waals surface area contributed by atoms with E-state index in [0.717, 1.165) is 12.6 Å². The number of β-amino-alcohol motifs (C(OH)–C–C–N with tert-alkyl or cyclic N) is 1. The average Bonchev–Trinajstić information content (AvgIpc) is 2.39. The van der Waals surface area contributed by atoms with Crippen LogP contribution in [0.1, 0.15) is 25.0 Å². The normalized spacial score (nSPS) is 22.4. The summed E-state index contributed by atoms with van der Waals surface area (Å²) >= 11 is 0. The van der Waals surface area contributed by atoms with Crippen LogP contribution in [0.5, 0.6) is 0 Å². The van der Waals surface area contributed by atoms with Crippen LogP contribution in [0.4, 0.5) is 8.78 Å². The molecule has 0 aliphatic carbocycles. The van der Waals surface area contributed by atoms with Gasteiger partial charge in [-0.3, -0.25) is 4.90 Å². The molecule has 1 aliphatic rings. The molecule has 5 heteroatoms. The molecular weight excluding hydrogens is 252 g/mol. The Morgan fingerprint density at radius 1 is 1.47 bits per heavy atom. The topological polar surface area (TPSA) is 32.7 Å². The molecule has 1 heterocycles. The maximum atomic E-state index is 13.7. The standard InChI is InChI=1S/C14H19F2NO2/c1-2-11(18)8-17-5-6-19-14(9-17)12-4-3-10(15)7-13(12)16/h3-4,7,11,14,18H,2,5-6,8-9H2,1H3/t11-,14+/m1/s1. The highest BCUT2D eigenvalue weighted by Crippen LogP contribution is 2.25. The molecule has 0 aromatic heterocycles. The maximum Gasteiger partial charge on any atom is 0.131 e. The lowest BCUT2D eigenvalue weighted by atomic mass is 10.1. The number of benzene rings is 1. The second-order valence-electron chi connectivity index (χ2n) is 4.85. The predicted octanol–water partition coefficient (Wildman–Crippen LogP) is 2.11. The molecule has 0 bridgehead atoms. The molecule has 19 heavy (non-hydrogen) atoms. The van der Waals surface area contributed by atoms with Gasteiger partial charge in [0, 0.05) is 31.3 Å².